The van der Waals surface area contributed by atoms with Crippen molar-refractivity contribution in [1.29, 1.82) is 0 Å². The van der Waals surface area contributed by atoms with E-state index in [0.29, 0.717) is 16.3 Å². The third-order valence-electron chi connectivity index (χ3n) is 3.02. The fourth-order valence-electron chi connectivity index (χ4n) is 2.09. The van der Waals surface area contributed by atoms with Crippen LogP contribution >= 0.6 is 11.6 Å². The molecule has 0 radical (unpaired) electrons. The van der Waals surface area contributed by atoms with E-state index in [4.69, 9.17) is 21.4 Å². The van der Waals surface area contributed by atoms with Crippen molar-refractivity contribution >= 4 is 29.6 Å². The van der Waals surface area contributed by atoms with Gasteiger partial charge in [-0.2, -0.15) is 0 Å². The Balaban J connectivity index is 2.16. The van der Waals surface area contributed by atoms with Crippen molar-refractivity contribution in [2.24, 2.45) is 0 Å². The Labute approximate surface area is 127 Å². The van der Waals surface area contributed by atoms with Crippen LogP contribution in [0.1, 0.15) is 25.8 Å². The lowest BCUT2D eigenvalue weighted by atomic mass is 9.99. The van der Waals surface area contributed by atoms with Gasteiger partial charge in [0, 0.05) is 16.1 Å². The highest BCUT2D eigenvalue weighted by molar-refractivity contribution is 6.30. The van der Waals surface area contributed by atoms with Gasteiger partial charge in [-0.05, 0) is 38.1 Å². The minimum atomic E-state index is -0.966. The molecule has 0 unspecified atom stereocenters. The Morgan fingerprint density at radius 1 is 1.43 bits per heavy atom. The minimum absolute atomic E-state index is 0.142. The van der Waals surface area contributed by atoms with Crippen LogP contribution in [0.4, 0.5) is 0 Å². The number of ether oxygens (including phenoxy) is 1. The summed E-state index contributed by atoms with van der Waals surface area (Å²) in [5, 5.41) is 12.1. The Kier molecular flexibility index (Phi) is 4.23. The Bertz CT molecular complexity index is 622. The number of fused-ring (bicyclic) bond motifs is 1. The van der Waals surface area contributed by atoms with Crippen LogP contribution in [0.25, 0.3) is 6.08 Å². The fraction of sp³-hybridized carbons (Fsp3) is 0.333. The van der Waals surface area contributed by atoms with E-state index in [1.165, 1.54) is 0 Å². The number of carbonyl (C=O) groups is 2. The predicted molar refractivity (Wildman–Crippen MR) is 79.4 cm³/mol. The first kappa shape index (κ1) is 15.4. The Morgan fingerprint density at radius 3 is 2.81 bits per heavy atom. The second-order valence-electron chi connectivity index (χ2n) is 5.55. The Hall–Kier alpha value is -2.01. The van der Waals surface area contributed by atoms with Crippen LogP contribution in [-0.2, 0) is 9.59 Å². The monoisotopic (exact) mass is 309 g/mol. The number of amides is 1. The molecule has 0 saturated carbocycles. The highest BCUT2D eigenvalue weighted by atomic mass is 35.5. The smallest absolute Gasteiger partial charge is 0.305 e. The molecule has 1 aromatic rings. The van der Waals surface area contributed by atoms with Gasteiger partial charge in [-0.25, -0.2) is 0 Å². The van der Waals surface area contributed by atoms with Crippen molar-refractivity contribution < 1.29 is 19.4 Å². The maximum atomic E-state index is 12.2. The van der Waals surface area contributed by atoms with Crippen molar-refractivity contribution in [3.05, 3.63) is 34.4 Å². The lowest BCUT2D eigenvalue weighted by molar-refractivity contribution is -0.138. The molecule has 0 saturated heterocycles. The molecule has 0 bridgehead atoms. The highest BCUT2D eigenvalue weighted by Crippen LogP contribution is 2.29. The van der Waals surface area contributed by atoms with Gasteiger partial charge in [-0.3, -0.25) is 9.59 Å². The van der Waals surface area contributed by atoms with Crippen LogP contribution in [0, 0.1) is 0 Å². The number of carboxylic acid groups (broad SMARTS) is 1. The molecule has 21 heavy (non-hydrogen) atoms. The van der Waals surface area contributed by atoms with Crippen LogP contribution in [0.15, 0.2) is 23.8 Å². The molecule has 1 aliphatic rings. The summed E-state index contributed by atoms with van der Waals surface area (Å²) >= 11 is 5.92. The van der Waals surface area contributed by atoms with Gasteiger partial charge in [0.15, 0.2) is 0 Å². The number of benzene rings is 1. The van der Waals surface area contributed by atoms with Crippen molar-refractivity contribution in [3.63, 3.8) is 0 Å². The van der Waals surface area contributed by atoms with Crippen molar-refractivity contribution in [3.8, 4) is 5.75 Å². The number of halogens is 1. The van der Waals surface area contributed by atoms with E-state index >= 15 is 0 Å². The highest BCUT2D eigenvalue weighted by Gasteiger charge is 2.26. The number of rotatable bonds is 4. The maximum absolute atomic E-state index is 12.2. The van der Waals surface area contributed by atoms with Gasteiger partial charge in [0.05, 0.1) is 12.0 Å². The molecule has 112 valence electrons. The number of aliphatic carboxylic acids is 1. The fourth-order valence-corrected chi connectivity index (χ4v) is 2.27. The first-order chi connectivity index (χ1) is 9.77. The van der Waals surface area contributed by atoms with Crippen LogP contribution < -0.4 is 10.1 Å². The summed E-state index contributed by atoms with van der Waals surface area (Å²) in [6.45, 7) is 3.46. The van der Waals surface area contributed by atoms with Gasteiger partial charge < -0.3 is 15.2 Å². The van der Waals surface area contributed by atoms with E-state index in [1.54, 1.807) is 38.1 Å². The van der Waals surface area contributed by atoms with E-state index in [1.807, 2.05) is 0 Å². The van der Waals surface area contributed by atoms with Crippen molar-refractivity contribution in [1.82, 2.24) is 5.32 Å². The largest absolute Gasteiger partial charge is 0.488 e. The van der Waals surface area contributed by atoms with Crippen LogP contribution in [-0.4, -0.2) is 29.1 Å². The summed E-state index contributed by atoms with van der Waals surface area (Å²) in [7, 11) is 0. The molecule has 6 heteroatoms. The van der Waals surface area contributed by atoms with E-state index < -0.39 is 11.5 Å². The molecule has 0 fully saturated rings. The number of hydrogen-bond donors (Lipinski definition) is 2. The summed E-state index contributed by atoms with van der Waals surface area (Å²) in [4.78, 5) is 23.0. The molecule has 0 atom stereocenters. The predicted octanol–water partition coefficient (Wildman–Crippen LogP) is 2.49. The van der Waals surface area contributed by atoms with Gasteiger partial charge in [0.1, 0.15) is 12.4 Å². The molecule has 1 heterocycles. The zero-order valence-corrected chi connectivity index (χ0v) is 12.5. The molecular formula is C15H16ClNO4. The molecular weight excluding hydrogens is 294 g/mol. The Morgan fingerprint density at radius 2 is 2.14 bits per heavy atom. The zero-order chi connectivity index (χ0) is 15.6. The average Bonchev–Trinajstić information content (AvgIpc) is 2.35. The molecule has 0 aliphatic carbocycles. The second kappa shape index (κ2) is 5.77. The van der Waals surface area contributed by atoms with Crippen LogP contribution in [0.2, 0.25) is 5.02 Å². The summed E-state index contributed by atoms with van der Waals surface area (Å²) in [5.41, 5.74) is 0.330. The summed E-state index contributed by atoms with van der Waals surface area (Å²) < 4.78 is 5.50. The van der Waals surface area contributed by atoms with Crippen LogP contribution in [0.5, 0.6) is 5.75 Å². The maximum Gasteiger partial charge on any atom is 0.305 e. The first-order valence-electron chi connectivity index (χ1n) is 6.44. The topological polar surface area (TPSA) is 75.6 Å². The first-order valence-corrected chi connectivity index (χ1v) is 6.82. The van der Waals surface area contributed by atoms with Gasteiger partial charge in [-0.1, -0.05) is 11.6 Å². The summed E-state index contributed by atoms with van der Waals surface area (Å²) in [6, 6.07) is 5.18. The summed E-state index contributed by atoms with van der Waals surface area (Å²) in [5.74, 6) is -0.640. The number of carbonyl (C=O) groups excluding carboxylic acids is 1. The van der Waals surface area contributed by atoms with E-state index in [2.05, 4.69) is 5.32 Å². The number of carboxylic acids is 1. The second-order valence-corrected chi connectivity index (χ2v) is 5.99. The number of nitrogens with one attached hydrogen (secondary N) is 1. The molecule has 0 spiro atoms. The molecule has 2 rings (SSSR count). The lowest BCUT2D eigenvalue weighted by Gasteiger charge is -2.26. The number of hydrogen-bond acceptors (Lipinski definition) is 3. The van der Waals surface area contributed by atoms with Gasteiger partial charge in [0.25, 0.3) is 5.91 Å². The normalized spacial score (nSPS) is 13.8. The van der Waals surface area contributed by atoms with Crippen LogP contribution in [0.3, 0.4) is 0 Å². The van der Waals surface area contributed by atoms with Gasteiger partial charge in [0.2, 0.25) is 0 Å². The van der Waals surface area contributed by atoms with E-state index in [9.17, 15) is 9.59 Å². The molecule has 1 amide bonds. The summed E-state index contributed by atoms with van der Waals surface area (Å²) in [6.07, 6.45) is 1.55. The molecule has 2 N–H and O–H groups in total. The van der Waals surface area contributed by atoms with Crippen molar-refractivity contribution in [2.45, 2.75) is 25.8 Å². The van der Waals surface area contributed by atoms with E-state index in [0.717, 1.165) is 5.56 Å². The standard InChI is InChI=1S/C15H16ClNO4/c1-15(2,7-13(18)19)17-14(20)10-5-9-6-11(16)3-4-12(9)21-8-10/h3-6H,7-8H2,1-2H3,(H,17,20)(H,18,19). The minimum Gasteiger partial charge on any atom is -0.488 e. The quantitative estimate of drug-likeness (QED) is 0.896. The van der Waals surface area contributed by atoms with Gasteiger partial charge >= 0.3 is 5.97 Å². The van der Waals surface area contributed by atoms with Crippen molar-refractivity contribution in [2.75, 3.05) is 6.61 Å². The molecule has 0 aromatic heterocycles. The average molecular weight is 310 g/mol. The zero-order valence-electron chi connectivity index (χ0n) is 11.8. The molecule has 1 aromatic carbocycles. The SMILES string of the molecule is CC(C)(CC(=O)O)NC(=O)C1=Cc2cc(Cl)ccc2OC1. The molecule has 5 nitrogen and oxygen atoms in total. The third-order valence-corrected chi connectivity index (χ3v) is 3.26. The molecule has 1 aliphatic heterocycles. The third kappa shape index (κ3) is 3.98. The van der Waals surface area contributed by atoms with E-state index in [-0.39, 0.29) is 18.9 Å². The van der Waals surface area contributed by atoms with Gasteiger partial charge in [-0.15, -0.1) is 0 Å². The lowest BCUT2D eigenvalue weighted by Crippen LogP contribution is -2.46.